The van der Waals surface area contributed by atoms with Crippen molar-refractivity contribution in [1.82, 2.24) is 14.7 Å². The predicted molar refractivity (Wildman–Crippen MR) is 143 cm³/mol. The average Bonchev–Trinajstić information content (AvgIpc) is 3.39. The quantitative estimate of drug-likeness (QED) is 0.363. The highest BCUT2D eigenvalue weighted by Crippen LogP contribution is 2.44. The van der Waals surface area contributed by atoms with Gasteiger partial charge in [-0.25, -0.2) is 0 Å². The summed E-state index contributed by atoms with van der Waals surface area (Å²) in [7, 11) is 1.69. The number of aliphatic hydroxyl groups excluding tert-OH is 1. The molecule has 1 aliphatic rings. The molecule has 0 bridgehead atoms. The van der Waals surface area contributed by atoms with Crippen LogP contribution in [-0.2, 0) is 16.8 Å². The van der Waals surface area contributed by atoms with Gasteiger partial charge in [0.25, 0.3) is 0 Å². The maximum absolute atomic E-state index is 11.0. The molecule has 0 saturated carbocycles. The van der Waals surface area contributed by atoms with Crippen LogP contribution in [0, 0.1) is 0 Å². The lowest BCUT2D eigenvalue weighted by Crippen LogP contribution is -2.52. The van der Waals surface area contributed by atoms with Gasteiger partial charge in [-0.2, -0.15) is 5.10 Å². The van der Waals surface area contributed by atoms with E-state index >= 15 is 0 Å². The van der Waals surface area contributed by atoms with Crippen LogP contribution in [-0.4, -0.2) is 52.7 Å². The molecule has 1 fully saturated rings. The van der Waals surface area contributed by atoms with E-state index in [4.69, 9.17) is 4.74 Å². The monoisotopic (exact) mass is 479 g/mol. The van der Waals surface area contributed by atoms with Gasteiger partial charge in [0.2, 0.25) is 0 Å². The molecule has 5 nitrogen and oxygen atoms in total. The third-order valence-electron chi connectivity index (χ3n) is 7.04. The van der Waals surface area contributed by atoms with Crippen molar-refractivity contribution in [1.29, 1.82) is 0 Å². The van der Waals surface area contributed by atoms with Gasteiger partial charge in [0.15, 0.2) is 0 Å². The van der Waals surface area contributed by atoms with Crippen molar-refractivity contribution in [2.45, 2.75) is 24.6 Å². The lowest BCUT2D eigenvalue weighted by atomic mass is 9.74. The van der Waals surface area contributed by atoms with Gasteiger partial charge < -0.3 is 9.84 Å². The Kier molecular flexibility index (Phi) is 7.42. The molecule has 0 spiro atoms. The van der Waals surface area contributed by atoms with Crippen molar-refractivity contribution in [3.8, 4) is 0 Å². The molecule has 1 unspecified atom stereocenters. The van der Waals surface area contributed by atoms with Crippen molar-refractivity contribution >= 4 is 6.08 Å². The highest BCUT2D eigenvalue weighted by atomic mass is 16.5. The molecular formula is C31H33N3O2. The minimum atomic E-state index is -0.499. The Bertz CT molecular complexity index is 1170. The smallest absolute Gasteiger partial charge is 0.0975 e. The van der Waals surface area contributed by atoms with E-state index in [1.54, 1.807) is 7.11 Å². The number of benzene rings is 3. The SMILES string of the molecule is COCCn1ccc(C=C2CN(C(c3ccccc3)(c3ccccc3)c3ccccc3)CCC2O)n1. The van der Waals surface area contributed by atoms with Gasteiger partial charge in [-0.05, 0) is 40.8 Å². The number of rotatable bonds is 8. The third-order valence-corrected chi connectivity index (χ3v) is 7.04. The zero-order chi connectivity index (χ0) is 24.8. The zero-order valence-corrected chi connectivity index (χ0v) is 20.7. The largest absolute Gasteiger partial charge is 0.389 e. The molecule has 0 radical (unpaired) electrons. The molecule has 5 rings (SSSR count). The number of aromatic nitrogens is 2. The first kappa shape index (κ1) is 24.2. The average molecular weight is 480 g/mol. The third kappa shape index (κ3) is 4.78. The maximum atomic E-state index is 11.0. The van der Waals surface area contributed by atoms with E-state index in [1.807, 2.05) is 23.0 Å². The van der Waals surface area contributed by atoms with Crippen LogP contribution in [0.2, 0.25) is 0 Å². The number of hydrogen-bond donors (Lipinski definition) is 1. The summed E-state index contributed by atoms with van der Waals surface area (Å²) in [5, 5.41) is 15.7. The summed E-state index contributed by atoms with van der Waals surface area (Å²) in [5.74, 6) is 0. The molecule has 36 heavy (non-hydrogen) atoms. The van der Waals surface area contributed by atoms with E-state index in [9.17, 15) is 5.11 Å². The van der Waals surface area contributed by atoms with E-state index in [0.29, 0.717) is 26.1 Å². The number of aliphatic hydroxyl groups is 1. The fraction of sp³-hybridized carbons (Fsp3) is 0.258. The summed E-state index contributed by atoms with van der Waals surface area (Å²) in [6.45, 7) is 2.71. The van der Waals surface area contributed by atoms with Gasteiger partial charge in [0.1, 0.15) is 0 Å². The second-order valence-electron chi connectivity index (χ2n) is 9.25. The van der Waals surface area contributed by atoms with Crippen LogP contribution in [0.4, 0.5) is 0 Å². The van der Waals surface area contributed by atoms with Crippen molar-refractivity contribution in [3.63, 3.8) is 0 Å². The Labute approximate surface area is 213 Å². The first-order valence-electron chi connectivity index (χ1n) is 12.5. The van der Waals surface area contributed by atoms with Gasteiger partial charge in [-0.1, -0.05) is 91.0 Å². The van der Waals surface area contributed by atoms with Gasteiger partial charge in [0.05, 0.1) is 30.5 Å². The number of nitrogens with zero attached hydrogens (tertiary/aromatic N) is 3. The lowest BCUT2D eigenvalue weighted by Gasteiger charge is -2.48. The Morgan fingerprint density at radius 2 is 1.44 bits per heavy atom. The lowest BCUT2D eigenvalue weighted by molar-refractivity contribution is 0.0871. The summed E-state index contributed by atoms with van der Waals surface area (Å²) >= 11 is 0. The van der Waals surface area contributed by atoms with E-state index in [0.717, 1.165) is 17.8 Å². The first-order chi connectivity index (χ1) is 17.7. The molecular weight excluding hydrogens is 446 g/mol. The van der Waals surface area contributed by atoms with E-state index in [-0.39, 0.29) is 0 Å². The zero-order valence-electron chi connectivity index (χ0n) is 20.7. The van der Waals surface area contributed by atoms with Gasteiger partial charge in [-0.15, -0.1) is 0 Å². The topological polar surface area (TPSA) is 50.5 Å². The molecule has 5 heteroatoms. The maximum Gasteiger partial charge on any atom is 0.0975 e. The van der Waals surface area contributed by atoms with Crippen LogP contribution in [0.1, 0.15) is 28.8 Å². The summed E-state index contributed by atoms with van der Waals surface area (Å²) in [5.41, 5.74) is 4.96. The van der Waals surface area contributed by atoms with Crippen LogP contribution in [0.5, 0.6) is 0 Å². The first-order valence-corrected chi connectivity index (χ1v) is 12.5. The van der Waals surface area contributed by atoms with Crippen LogP contribution in [0.25, 0.3) is 6.08 Å². The summed E-state index contributed by atoms with van der Waals surface area (Å²) in [6.07, 6.45) is 4.17. The molecule has 3 aromatic carbocycles. The Balaban J connectivity index is 1.61. The van der Waals surface area contributed by atoms with Crippen LogP contribution in [0.3, 0.4) is 0 Å². The van der Waals surface area contributed by atoms with Gasteiger partial charge in [0, 0.05) is 26.4 Å². The molecule has 1 atom stereocenters. The molecule has 1 N–H and O–H groups in total. The molecule has 2 heterocycles. The standard InChI is InChI=1S/C31H33N3O2/c1-36-22-21-34-20-17-29(32-34)23-25-24-33(19-18-30(25)35)31(26-11-5-2-6-12-26,27-13-7-3-8-14-27)28-15-9-4-10-16-28/h2-17,20,23,30,35H,18-19,21-22,24H2,1H3. The number of hydrogen-bond acceptors (Lipinski definition) is 4. The number of methoxy groups -OCH3 is 1. The van der Waals surface area contributed by atoms with Crippen molar-refractivity contribution in [2.24, 2.45) is 0 Å². The summed E-state index contributed by atoms with van der Waals surface area (Å²) < 4.78 is 7.06. The fourth-order valence-electron chi connectivity index (χ4n) is 5.34. The highest BCUT2D eigenvalue weighted by Gasteiger charge is 2.44. The Hall–Kier alpha value is -3.51. The minimum absolute atomic E-state index is 0.495. The Morgan fingerprint density at radius 1 is 0.889 bits per heavy atom. The van der Waals surface area contributed by atoms with Crippen molar-refractivity contribution in [2.75, 3.05) is 26.8 Å². The highest BCUT2D eigenvalue weighted by molar-refractivity contribution is 5.53. The normalized spacial score (nSPS) is 17.9. The fourth-order valence-corrected chi connectivity index (χ4v) is 5.34. The van der Waals surface area contributed by atoms with Crippen molar-refractivity contribution < 1.29 is 9.84 Å². The second kappa shape index (κ2) is 11.0. The predicted octanol–water partition coefficient (Wildman–Crippen LogP) is 4.97. The molecule has 0 amide bonds. The van der Waals surface area contributed by atoms with E-state index < -0.39 is 11.6 Å². The number of ether oxygens (including phenoxy) is 1. The molecule has 0 aliphatic carbocycles. The summed E-state index contributed by atoms with van der Waals surface area (Å²) in [6, 6.07) is 34.1. The van der Waals surface area contributed by atoms with E-state index in [1.165, 1.54) is 16.7 Å². The molecule has 1 aliphatic heterocycles. The molecule has 1 aromatic heterocycles. The second-order valence-corrected chi connectivity index (χ2v) is 9.25. The molecule has 4 aromatic rings. The van der Waals surface area contributed by atoms with Gasteiger partial charge >= 0.3 is 0 Å². The number of piperidine rings is 1. The number of likely N-dealkylation sites (tertiary alicyclic amines) is 1. The van der Waals surface area contributed by atoms with Crippen LogP contribution < -0.4 is 0 Å². The Morgan fingerprint density at radius 3 is 1.97 bits per heavy atom. The molecule has 1 saturated heterocycles. The van der Waals surface area contributed by atoms with E-state index in [2.05, 4.69) is 101 Å². The summed E-state index contributed by atoms with van der Waals surface area (Å²) in [4.78, 5) is 2.51. The van der Waals surface area contributed by atoms with Crippen molar-refractivity contribution in [3.05, 3.63) is 131 Å². The van der Waals surface area contributed by atoms with Crippen LogP contribution >= 0.6 is 0 Å². The van der Waals surface area contributed by atoms with Gasteiger partial charge in [-0.3, -0.25) is 9.58 Å². The minimum Gasteiger partial charge on any atom is -0.389 e. The molecule has 184 valence electrons. The van der Waals surface area contributed by atoms with Crippen LogP contribution in [0.15, 0.2) is 109 Å².